The number of thiazole rings is 1. The average molecular weight is 419 g/mol. The molecule has 0 fully saturated rings. The van der Waals surface area contributed by atoms with Gasteiger partial charge < -0.3 is 19.2 Å². The summed E-state index contributed by atoms with van der Waals surface area (Å²) in [6.07, 6.45) is 0. The molecule has 0 saturated carbocycles. The number of amides is 1. The number of thioether (sulfide) groups is 1. The van der Waals surface area contributed by atoms with Crippen LogP contribution in [0.5, 0.6) is 11.5 Å². The van der Waals surface area contributed by atoms with Crippen LogP contribution >= 0.6 is 23.1 Å². The van der Waals surface area contributed by atoms with Gasteiger partial charge in [0.1, 0.15) is 11.3 Å². The Bertz CT molecular complexity index is 1130. The minimum absolute atomic E-state index is 0.0812. The number of hydrogen-bond donors (Lipinski definition) is 1. The first-order valence-electron chi connectivity index (χ1n) is 8.07. The number of benzene rings is 2. The fourth-order valence-electron chi connectivity index (χ4n) is 2.53. The molecule has 0 aliphatic carbocycles. The van der Waals surface area contributed by atoms with Gasteiger partial charge in [-0.05, 0) is 12.1 Å². The third kappa shape index (κ3) is 3.73. The number of nitrogens with zero attached hydrogens (tertiary/aromatic N) is 2. The molecule has 4 rings (SSSR count). The zero-order chi connectivity index (χ0) is 19.7. The molecule has 0 spiro atoms. The number of ether oxygens (including phenoxy) is 2. The summed E-state index contributed by atoms with van der Waals surface area (Å²) in [7, 11) is 3.11. The highest BCUT2D eigenvalue weighted by Gasteiger charge is 2.14. The topological polar surface area (TPSA) is 86.5 Å². The van der Waals surface area contributed by atoms with Crippen LogP contribution in [0.4, 0.5) is 9.52 Å². The maximum atomic E-state index is 13.2. The van der Waals surface area contributed by atoms with E-state index in [9.17, 15) is 9.18 Å². The highest BCUT2D eigenvalue weighted by Crippen LogP contribution is 2.36. The standard InChI is InChI=1S/C18H14FN3O4S2/c1-24-13-6-11-15(7-14(13)25-2)28-17(20-11)22-16(23)8-27-18-21-10-5-9(19)3-4-12(10)26-18/h3-7H,8H2,1-2H3,(H,20,22,23). The van der Waals surface area contributed by atoms with Crippen molar-refractivity contribution >= 4 is 55.5 Å². The fraction of sp³-hybridized carbons (Fsp3) is 0.167. The van der Waals surface area contributed by atoms with Crippen LogP contribution in [0, 0.1) is 5.82 Å². The second-order valence-corrected chi connectivity index (χ2v) is 7.58. The van der Waals surface area contributed by atoms with Crippen molar-refractivity contribution in [3.05, 3.63) is 36.1 Å². The highest BCUT2D eigenvalue weighted by atomic mass is 32.2. The van der Waals surface area contributed by atoms with E-state index >= 15 is 0 Å². The van der Waals surface area contributed by atoms with E-state index in [0.717, 1.165) is 16.5 Å². The summed E-state index contributed by atoms with van der Waals surface area (Å²) >= 11 is 2.46. The maximum absolute atomic E-state index is 13.2. The molecule has 0 atom stereocenters. The van der Waals surface area contributed by atoms with Crippen molar-refractivity contribution in [2.75, 3.05) is 25.3 Å². The van der Waals surface area contributed by atoms with Crippen molar-refractivity contribution in [3.63, 3.8) is 0 Å². The van der Waals surface area contributed by atoms with Crippen molar-refractivity contribution in [1.29, 1.82) is 0 Å². The lowest BCUT2D eigenvalue weighted by molar-refractivity contribution is -0.113. The van der Waals surface area contributed by atoms with Crippen LogP contribution in [-0.4, -0.2) is 35.8 Å². The third-order valence-electron chi connectivity index (χ3n) is 3.80. The predicted octanol–water partition coefficient (Wildman–Crippen LogP) is 4.32. The Morgan fingerprint density at radius 1 is 1.18 bits per heavy atom. The predicted molar refractivity (Wildman–Crippen MR) is 106 cm³/mol. The van der Waals surface area contributed by atoms with Crippen LogP contribution in [0.25, 0.3) is 21.3 Å². The Morgan fingerprint density at radius 3 is 2.75 bits per heavy atom. The first kappa shape index (κ1) is 18.5. The molecule has 0 saturated heterocycles. The molecule has 0 unspecified atom stereocenters. The van der Waals surface area contributed by atoms with E-state index in [-0.39, 0.29) is 17.5 Å². The monoisotopic (exact) mass is 419 g/mol. The van der Waals surface area contributed by atoms with E-state index in [1.54, 1.807) is 20.3 Å². The summed E-state index contributed by atoms with van der Waals surface area (Å²) in [6.45, 7) is 0. The lowest BCUT2D eigenvalue weighted by Crippen LogP contribution is -2.13. The van der Waals surface area contributed by atoms with Gasteiger partial charge in [-0.2, -0.15) is 0 Å². The van der Waals surface area contributed by atoms with Gasteiger partial charge in [0.15, 0.2) is 22.2 Å². The summed E-state index contributed by atoms with van der Waals surface area (Å²) in [4.78, 5) is 20.8. The van der Waals surface area contributed by atoms with Crippen molar-refractivity contribution < 1.29 is 23.1 Å². The quantitative estimate of drug-likeness (QED) is 0.466. The van der Waals surface area contributed by atoms with Gasteiger partial charge in [0.2, 0.25) is 5.91 Å². The van der Waals surface area contributed by atoms with Crippen molar-refractivity contribution in [1.82, 2.24) is 9.97 Å². The number of anilines is 1. The molecule has 2 aromatic carbocycles. The average Bonchev–Trinajstić information content (AvgIpc) is 3.26. The zero-order valence-electron chi connectivity index (χ0n) is 14.8. The second kappa shape index (κ2) is 7.64. The molecule has 28 heavy (non-hydrogen) atoms. The van der Waals surface area contributed by atoms with Crippen molar-refractivity contribution in [2.45, 2.75) is 5.22 Å². The molecule has 0 radical (unpaired) electrons. The minimum atomic E-state index is -0.390. The Labute approximate surface area is 166 Å². The zero-order valence-corrected chi connectivity index (χ0v) is 16.4. The number of hydrogen-bond acceptors (Lipinski definition) is 8. The van der Waals surface area contributed by atoms with Crippen LogP contribution in [0.3, 0.4) is 0 Å². The van der Waals surface area contributed by atoms with Gasteiger partial charge in [-0.1, -0.05) is 23.1 Å². The molecule has 0 aliphatic heterocycles. The Morgan fingerprint density at radius 2 is 1.96 bits per heavy atom. The summed E-state index contributed by atoms with van der Waals surface area (Å²) in [5, 5.41) is 3.52. The SMILES string of the molecule is COc1cc2nc(NC(=O)CSc3nc4cc(F)ccc4o3)sc2cc1OC. The Hall–Kier alpha value is -2.85. The van der Waals surface area contributed by atoms with E-state index in [0.29, 0.717) is 38.5 Å². The van der Waals surface area contributed by atoms with E-state index in [1.165, 1.54) is 29.5 Å². The second-order valence-electron chi connectivity index (χ2n) is 5.62. The minimum Gasteiger partial charge on any atom is -0.493 e. The van der Waals surface area contributed by atoms with Gasteiger partial charge in [0.25, 0.3) is 5.22 Å². The molecule has 2 aromatic heterocycles. The molecule has 0 bridgehead atoms. The number of fused-ring (bicyclic) bond motifs is 2. The van der Waals surface area contributed by atoms with Gasteiger partial charge in [-0.25, -0.2) is 14.4 Å². The van der Waals surface area contributed by atoms with Crippen LogP contribution in [0.2, 0.25) is 0 Å². The first-order chi connectivity index (χ1) is 13.6. The molecule has 2 heterocycles. The summed E-state index contributed by atoms with van der Waals surface area (Å²) in [5.74, 6) is 0.605. The molecular formula is C18H14FN3O4S2. The smallest absolute Gasteiger partial charge is 0.257 e. The third-order valence-corrected chi connectivity index (χ3v) is 5.56. The van der Waals surface area contributed by atoms with Crippen LogP contribution in [0.1, 0.15) is 0 Å². The van der Waals surface area contributed by atoms with Crippen LogP contribution in [0.15, 0.2) is 40.0 Å². The van der Waals surface area contributed by atoms with Gasteiger partial charge in [-0.3, -0.25) is 4.79 Å². The van der Waals surface area contributed by atoms with E-state index < -0.39 is 0 Å². The van der Waals surface area contributed by atoms with Gasteiger partial charge >= 0.3 is 0 Å². The summed E-state index contributed by atoms with van der Waals surface area (Å²) in [5.41, 5.74) is 1.59. The number of nitrogens with one attached hydrogen (secondary N) is 1. The Kier molecular flexibility index (Phi) is 5.05. The van der Waals surface area contributed by atoms with E-state index in [4.69, 9.17) is 13.9 Å². The lowest BCUT2D eigenvalue weighted by atomic mass is 10.3. The molecule has 4 aromatic rings. The number of oxazole rings is 1. The highest BCUT2D eigenvalue weighted by molar-refractivity contribution is 7.99. The van der Waals surface area contributed by atoms with Gasteiger partial charge in [0.05, 0.1) is 30.2 Å². The van der Waals surface area contributed by atoms with Crippen molar-refractivity contribution in [2.24, 2.45) is 0 Å². The first-order valence-corrected chi connectivity index (χ1v) is 9.87. The van der Waals surface area contributed by atoms with Crippen molar-refractivity contribution in [3.8, 4) is 11.5 Å². The van der Waals surface area contributed by atoms with Gasteiger partial charge in [0, 0.05) is 18.2 Å². The number of carbonyl (C=O) groups is 1. The lowest BCUT2D eigenvalue weighted by Gasteiger charge is -2.05. The molecule has 10 heteroatoms. The molecule has 144 valence electrons. The maximum Gasteiger partial charge on any atom is 0.257 e. The van der Waals surface area contributed by atoms with Crippen LogP contribution < -0.4 is 14.8 Å². The summed E-state index contributed by atoms with van der Waals surface area (Å²) < 4.78 is 30.1. The van der Waals surface area contributed by atoms with E-state index in [1.807, 2.05) is 6.07 Å². The number of methoxy groups -OCH3 is 2. The number of halogens is 1. The number of rotatable bonds is 6. The molecule has 1 N–H and O–H groups in total. The summed E-state index contributed by atoms with van der Waals surface area (Å²) in [6, 6.07) is 7.66. The van der Waals surface area contributed by atoms with Gasteiger partial charge in [-0.15, -0.1) is 0 Å². The normalized spacial score (nSPS) is 11.1. The number of aromatic nitrogens is 2. The number of carbonyl (C=O) groups excluding carboxylic acids is 1. The largest absolute Gasteiger partial charge is 0.493 e. The molecule has 7 nitrogen and oxygen atoms in total. The van der Waals surface area contributed by atoms with E-state index in [2.05, 4.69) is 15.3 Å². The molecule has 1 amide bonds. The molecular weight excluding hydrogens is 405 g/mol. The van der Waals surface area contributed by atoms with Crippen LogP contribution in [-0.2, 0) is 4.79 Å². The fourth-order valence-corrected chi connectivity index (χ4v) is 4.06. The molecule has 0 aliphatic rings. The Balaban J connectivity index is 1.44.